The lowest BCUT2D eigenvalue weighted by Gasteiger charge is -2.34. The Morgan fingerprint density at radius 2 is 1.80 bits per heavy atom. The number of nitrogens with one attached hydrogen (secondary N) is 1. The zero-order valence-corrected chi connectivity index (χ0v) is 20.6. The standard InChI is InChI=1S/C26H29N5O3S/c1-2-18-6-7-21-22(16-18)35-26(28-21)30-14-12-29(13-15-30)11-10-27-25(34)19-4-3-5-20(17-19)31-23(32)8-9-24(31)33/h3-7,16-17H,2,8-15H2,1H3,(H,27,34). The van der Waals surface area contributed by atoms with Crippen molar-refractivity contribution in [1.82, 2.24) is 15.2 Å². The molecule has 182 valence electrons. The number of fused-ring (bicyclic) bond motifs is 1. The van der Waals surface area contributed by atoms with E-state index in [2.05, 4.69) is 40.2 Å². The number of piperazine rings is 1. The number of benzene rings is 2. The molecule has 2 aliphatic heterocycles. The van der Waals surface area contributed by atoms with Crippen LogP contribution in [-0.4, -0.2) is 66.9 Å². The topological polar surface area (TPSA) is 85.8 Å². The van der Waals surface area contributed by atoms with E-state index in [9.17, 15) is 14.4 Å². The van der Waals surface area contributed by atoms with Gasteiger partial charge in [-0.3, -0.25) is 24.2 Å². The Morgan fingerprint density at radius 3 is 2.54 bits per heavy atom. The van der Waals surface area contributed by atoms with Crippen LogP contribution in [0.2, 0.25) is 0 Å². The van der Waals surface area contributed by atoms with E-state index in [4.69, 9.17) is 4.98 Å². The molecule has 3 heterocycles. The molecule has 2 saturated heterocycles. The summed E-state index contributed by atoms with van der Waals surface area (Å²) >= 11 is 1.76. The largest absolute Gasteiger partial charge is 0.351 e. The third-order valence-corrected chi connectivity index (χ3v) is 7.70. The van der Waals surface area contributed by atoms with Crippen LogP contribution in [0, 0.1) is 0 Å². The molecule has 3 amide bonds. The fourth-order valence-electron chi connectivity index (χ4n) is 4.56. The molecular formula is C26H29N5O3S. The Hall–Kier alpha value is -3.30. The number of imide groups is 1. The van der Waals surface area contributed by atoms with Crippen molar-refractivity contribution in [3.8, 4) is 0 Å². The SMILES string of the molecule is CCc1ccc2nc(N3CCN(CCNC(=O)c4cccc(N5C(=O)CCC5=O)c4)CC3)sc2c1. The maximum atomic E-state index is 12.7. The minimum atomic E-state index is -0.219. The Balaban J connectivity index is 1.10. The zero-order valence-electron chi connectivity index (χ0n) is 19.8. The van der Waals surface area contributed by atoms with Gasteiger partial charge in [0, 0.05) is 57.7 Å². The van der Waals surface area contributed by atoms with Crippen LogP contribution in [0.1, 0.15) is 35.7 Å². The molecule has 0 aliphatic carbocycles. The third kappa shape index (κ3) is 5.06. The van der Waals surface area contributed by atoms with Gasteiger partial charge >= 0.3 is 0 Å². The van der Waals surface area contributed by atoms with E-state index in [1.54, 1.807) is 35.6 Å². The van der Waals surface area contributed by atoms with E-state index in [1.165, 1.54) is 15.2 Å². The number of amides is 3. The summed E-state index contributed by atoms with van der Waals surface area (Å²) in [6.45, 7) is 7.12. The van der Waals surface area contributed by atoms with Gasteiger partial charge in [0.25, 0.3) is 5.91 Å². The van der Waals surface area contributed by atoms with Gasteiger partial charge in [-0.2, -0.15) is 0 Å². The number of aromatic nitrogens is 1. The molecule has 2 fully saturated rings. The van der Waals surface area contributed by atoms with Gasteiger partial charge in [-0.1, -0.05) is 30.4 Å². The highest BCUT2D eigenvalue weighted by molar-refractivity contribution is 7.22. The normalized spacial score (nSPS) is 16.9. The second kappa shape index (κ2) is 10.1. The number of anilines is 2. The van der Waals surface area contributed by atoms with Crippen molar-refractivity contribution in [3.63, 3.8) is 0 Å². The molecule has 0 spiro atoms. The average Bonchev–Trinajstić information content (AvgIpc) is 3.46. The Kier molecular flexibility index (Phi) is 6.79. The zero-order chi connectivity index (χ0) is 24.4. The Labute approximate surface area is 208 Å². The number of hydrogen-bond donors (Lipinski definition) is 1. The number of carbonyl (C=O) groups excluding carboxylic acids is 3. The number of rotatable bonds is 7. The molecule has 0 saturated carbocycles. The second-order valence-electron chi connectivity index (χ2n) is 8.91. The van der Waals surface area contributed by atoms with Crippen LogP contribution in [0.3, 0.4) is 0 Å². The molecule has 8 nitrogen and oxygen atoms in total. The highest BCUT2D eigenvalue weighted by Gasteiger charge is 2.30. The lowest BCUT2D eigenvalue weighted by Crippen LogP contribution is -2.48. The predicted octanol–water partition coefficient (Wildman–Crippen LogP) is 3.06. The first kappa shape index (κ1) is 23.4. The summed E-state index contributed by atoms with van der Waals surface area (Å²) in [4.78, 5) is 47.3. The highest BCUT2D eigenvalue weighted by Crippen LogP contribution is 2.30. The fraction of sp³-hybridized carbons (Fsp3) is 0.385. The number of thiazole rings is 1. The highest BCUT2D eigenvalue weighted by atomic mass is 32.1. The first-order chi connectivity index (χ1) is 17.0. The van der Waals surface area contributed by atoms with Crippen molar-refractivity contribution in [2.75, 3.05) is 49.1 Å². The molecule has 9 heteroatoms. The van der Waals surface area contributed by atoms with Crippen LogP contribution in [-0.2, 0) is 16.0 Å². The number of hydrogen-bond acceptors (Lipinski definition) is 7. The minimum Gasteiger partial charge on any atom is -0.351 e. The van der Waals surface area contributed by atoms with Crippen molar-refractivity contribution in [2.45, 2.75) is 26.2 Å². The number of aryl methyl sites for hydroxylation is 1. The van der Waals surface area contributed by atoms with Crippen LogP contribution < -0.4 is 15.1 Å². The van der Waals surface area contributed by atoms with Crippen LogP contribution in [0.25, 0.3) is 10.2 Å². The summed E-state index contributed by atoms with van der Waals surface area (Å²) in [5, 5.41) is 4.04. The Morgan fingerprint density at radius 1 is 1.03 bits per heavy atom. The molecule has 0 atom stereocenters. The number of carbonyl (C=O) groups is 3. The van der Waals surface area contributed by atoms with Gasteiger partial charge in [0.1, 0.15) is 0 Å². The van der Waals surface area contributed by atoms with Crippen molar-refractivity contribution in [3.05, 3.63) is 53.6 Å². The van der Waals surface area contributed by atoms with E-state index in [1.807, 2.05) is 0 Å². The van der Waals surface area contributed by atoms with Crippen LogP contribution in [0.15, 0.2) is 42.5 Å². The summed E-state index contributed by atoms with van der Waals surface area (Å²) in [6, 6.07) is 13.2. The molecule has 35 heavy (non-hydrogen) atoms. The van der Waals surface area contributed by atoms with Crippen molar-refractivity contribution in [2.24, 2.45) is 0 Å². The van der Waals surface area contributed by atoms with Crippen LogP contribution in [0.5, 0.6) is 0 Å². The van der Waals surface area contributed by atoms with Gasteiger partial charge in [0.2, 0.25) is 11.8 Å². The van der Waals surface area contributed by atoms with Crippen molar-refractivity contribution >= 4 is 50.1 Å². The summed E-state index contributed by atoms with van der Waals surface area (Å²) in [5.74, 6) is -0.642. The van der Waals surface area contributed by atoms with Gasteiger partial charge in [-0.25, -0.2) is 4.98 Å². The van der Waals surface area contributed by atoms with Crippen molar-refractivity contribution < 1.29 is 14.4 Å². The van der Waals surface area contributed by atoms with E-state index < -0.39 is 0 Å². The molecular weight excluding hydrogens is 462 g/mol. The molecule has 0 radical (unpaired) electrons. The minimum absolute atomic E-state index is 0.203. The molecule has 3 aromatic rings. The molecule has 2 aromatic carbocycles. The predicted molar refractivity (Wildman–Crippen MR) is 138 cm³/mol. The fourth-order valence-corrected chi connectivity index (χ4v) is 5.64. The molecule has 1 N–H and O–H groups in total. The first-order valence-electron chi connectivity index (χ1n) is 12.1. The monoisotopic (exact) mass is 491 g/mol. The van der Waals surface area contributed by atoms with Gasteiger partial charge in [-0.15, -0.1) is 0 Å². The summed E-state index contributed by atoms with van der Waals surface area (Å²) < 4.78 is 1.24. The van der Waals surface area contributed by atoms with Gasteiger partial charge in [0.15, 0.2) is 5.13 Å². The lowest BCUT2D eigenvalue weighted by atomic mass is 10.1. The molecule has 0 unspecified atom stereocenters. The van der Waals surface area contributed by atoms with Gasteiger partial charge in [-0.05, 0) is 42.3 Å². The quantitative estimate of drug-likeness (QED) is 0.512. The van der Waals surface area contributed by atoms with E-state index in [-0.39, 0.29) is 30.6 Å². The third-order valence-electron chi connectivity index (χ3n) is 6.62. The van der Waals surface area contributed by atoms with Crippen LogP contribution >= 0.6 is 11.3 Å². The van der Waals surface area contributed by atoms with Gasteiger partial charge < -0.3 is 10.2 Å². The molecule has 5 rings (SSSR count). The van der Waals surface area contributed by atoms with Crippen LogP contribution in [0.4, 0.5) is 10.8 Å². The maximum Gasteiger partial charge on any atom is 0.251 e. The van der Waals surface area contributed by atoms with E-state index in [0.717, 1.165) is 49.8 Å². The van der Waals surface area contributed by atoms with Crippen molar-refractivity contribution in [1.29, 1.82) is 0 Å². The van der Waals surface area contributed by atoms with E-state index in [0.29, 0.717) is 17.8 Å². The number of nitrogens with zero attached hydrogens (tertiary/aromatic N) is 4. The maximum absolute atomic E-state index is 12.7. The van der Waals surface area contributed by atoms with E-state index >= 15 is 0 Å². The van der Waals surface area contributed by atoms with Gasteiger partial charge in [0.05, 0.1) is 15.9 Å². The summed E-state index contributed by atoms with van der Waals surface area (Å²) in [6.07, 6.45) is 1.48. The summed E-state index contributed by atoms with van der Waals surface area (Å²) in [5.41, 5.74) is 3.31. The second-order valence-corrected chi connectivity index (χ2v) is 9.92. The lowest BCUT2D eigenvalue weighted by molar-refractivity contribution is -0.121. The molecule has 1 aromatic heterocycles. The summed E-state index contributed by atoms with van der Waals surface area (Å²) in [7, 11) is 0. The molecule has 2 aliphatic rings. The smallest absolute Gasteiger partial charge is 0.251 e. The molecule has 0 bridgehead atoms. The average molecular weight is 492 g/mol. The first-order valence-corrected chi connectivity index (χ1v) is 12.9. The Bertz CT molecular complexity index is 1250.